The van der Waals surface area contributed by atoms with Crippen LogP contribution in [0.15, 0.2) is 24.3 Å². The van der Waals surface area contributed by atoms with Crippen LogP contribution >= 0.6 is 0 Å². The van der Waals surface area contributed by atoms with E-state index >= 15 is 0 Å². The molecular weight excluding hydrogens is 256 g/mol. The quantitative estimate of drug-likeness (QED) is 0.872. The Bertz CT molecular complexity index is 459. The molecule has 1 heterocycles. The third-order valence-corrected chi connectivity index (χ3v) is 3.19. The minimum absolute atomic E-state index is 0.150. The van der Waals surface area contributed by atoms with Crippen molar-refractivity contribution in [3.8, 4) is 0 Å². The van der Waals surface area contributed by atoms with Crippen LogP contribution in [0, 0.1) is 0 Å². The van der Waals surface area contributed by atoms with Gasteiger partial charge in [0.05, 0.1) is 18.8 Å². The van der Waals surface area contributed by atoms with E-state index in [9.17, 15) is 18.7 Å². The third-order valence-electron chi connectivity index (χ3n) is 3.19. The summed E-state index contributed by atoms with van der Waals surface area (Å²) >= 11 is 0. The zero-order valence-electron chi connectivity index (χ0n) is 10.2. The second kappa shape index (κ2) is 5.63. The van der Waals surface area contributed by atoms with Crippen molar-refractivity contribution in [3.63, 3.8) is 0 Å². The molecule has 0 aliphatic carbocycles. The standard InChI is InChI=1S/C13H15F2NO3/c14-11(15)9-2-1-3-10(6-9)12(18)16-13(7-17)4-5-19-8-13/h1-3,6,11,17H,4-5,7-8H2,(H,16,18). The van der Waals surface area contributed by atoms with Crippen LogP contribution in [-0.2, 0) is 4.74 Å². The second-order valence-electron chi connectivity index (χ2n) is 4.62. The van der Waals surface area contributed by atoms with Gasteiger partial charge in [0.1, 0.15) is 0 Å². The van der Waals surface area contributed by atoms with Crippen LogP contribution in [0.1, 0.15) is 28.8 Å². The molecule has 19 heavy (non-hydrogen) atoms. The van der Waals surface area contributed by atoms with Crippen LogP contribution in [0.4, 0.5) is 8.78 Å². The Morgan fingerprint density at radius 1 is 1.53 bits per heavy atom. The van der Waals surface area contributed by atoms with Gasteiger partial charge in [-0.25, -0.2) is 8.78 Å². The van der Waals surface area contributed by atoms with Crippen LogP contribution in [0.2, 0.25) is 0 Å². The molecule has 2 rings (SSSR count). The van der Waals surface area contributed by atoms with Crippen molar-refractivity contribution in [2.24, 2.45) is 0 Å². The lowest BCUT2D eigenvalue weighted by molar-refractivity contribution is 0.0789. The maximum absolute atomic E-state index is 12.6. The minimum Gasteiger partial charge on any atom is -0.394 e. The van der Waals surface area contributed by atoms with E-state index in [2.05, 4.69) is 5.32 Å². The molecule has 2 N–H and O–H groups in total. The Morgan fingerprint density at radius 3 is 2.89 bits per heavy atom. The highest BCUT2D eigenvalue weighted by Crippen LogP contribution is 2.21. The maximum atomic E-state index is 12.6. The van der Waals surface area contributed by atoms with Crippen molar-refractivity contribution in [2.45, 2.75) is 18.4 Å². The van der Waals surface area contributed by atoms with Crippen LogP contribution < -0.4 is 5.32 Å². The fraction of sp³-hybridized carbons (Fsp3) is 0.462. The van der Waals surface area contributed by atoms with Crippen molar-refractivity contribution in [3.05, 3.63) is 35.4 Å². The summed E-state index contributed by atoms with van der Waals surface area (Å²) in [5, 5.41) is 12.0. The fourth-order valence-electron chi connectivity index (χ4n) is 2.00. The summed E-state index contributed by atoms with van der Waals surface area (Å²) in [4.78, 5) is 12.0. The molecule has 0 radical (unpaired) electrons. The number of amides is 1. The summed E-state index contributed by atoms with van der Waals surface area (Å²) in [6.07, 6.45) is -2.11. The number of hydrogen-bond acceptors (Lipinski definition) is 3. The Labute approximate surface area is 109 Å². The molecule has 1 aliphatic rings. The fourth-order valence-corrected chi connectivity index (χ4v) is 2.00. The first kappa shape index (κ1) is 13.9. The number of hydrogen-bond donors (Lipinski definition) is 2. The summed E-state index contributed by atoms with van der Waals surface area (Å²) in [5.41, 5.74) is -0.858. The van der Waals surface area contributed by atoms with Crippen molar-refractivity contribution < 1.29 is 23.4 Å². The third kappa shape index (κ3) is 3.08. The predicted octanol–water partition coefficient (Wildman–Crippen LogP) is 1.51. The number of carbonyl (C=O) groups is 1. The van der Waals surface area contributed by atoms with Crippen molar-refractivity contribution in [1.29, 1.82) is 0 Å². The average Bonchev–Trinajstić information content (AvgIpc) is 2.88. The van der Waals surface area contributed by atoms with E-state index in [0.717, 1.165) is 6.07 Å². The summed E-state index contributed by atoms with van der Waals surface area (Å²) in [7, 11) is 0. The highest BCUT2D eigenvalue weighted by Gasteiger charge is 2.36. The number of rotatable bonds is 4. The Kier molecular flexibility index (Phi) is 4.11. The van der Waals surface area contributed by atoms with Gasteiger partial charge in [0.15, 0.2) is 0 Å². The van der Waals surface area contributed by atoms with Crippen LogP contribution in [0.25, 0.3) is 0 Å². The van der Waals surface area contributed by atoms with E-state index in [1.807, 2.05) is 0 Å². The number of nitrogens with one attached hydrogen (secondary N) is 1. The van der Waals surface area contributed by atoms with Crippen molar-refractivity contribution >= 4 is 5.91 Å². The van der Waals surface area contributed by atoms with Gasteiger partial charge in [-0.1, -0.05) is 12.1 Å². The zero-order chi connectivity index (χ0) is 13.9. The molecule has 104 valence electrons. The maximum Gasteiger partial charge on any atom is 0.263 e. The first-order valence-electron chi connectivity index (χ1n) is 5.95. The summed E-state index contributed by atoms with van der Waals surface area (Å²) < 4.78 is 30.3. The molecule has 1 aromatic carbocycles. The lowest BCUT2D eigenvalue weighted by Crippen LogP contribution is -2.52. The smallest absolute Gasteiger partial charge is 0.263 e. The number of benzene rings is 1. The number of alkyl halides is 2. The summed E-state index contributed by atoms with van der Waals surface area (Å²) in [6, 6.07) is 5.29. The van der Waals surface area contributed by atoms with E-state index in [-0.39, 0.29) is 24.3 Å². The number of carbonyl (C=O) groups excluding carboxylic acids is 1. The second-order valence-corrected chi connectivity index (χ2v) is 4.62. The van der Waals surface area contributed by atoms with Crippen molar-refractivity contribution in [1.82, 2.24) is 5.32 Å². The SMILES string of the molecule is O=C(NC1(CO)CCOC1)c1cccc(C(F)F)c1. The molecular formula is C13H15F2NO3. The lowest BCUT2D eigenvalue weighted by Gasteiger charge is -2.26. The molecule has 0 spiro atoms. The normalized spacial score (nSPS) is 22.7. The first-order chi connectivity index (χ1) is 9.06. The van der Waals surface area contributed by atoms with Crippen LogP contribution in [0.5, 0.6) is 0 Å². The molecule has 1 aromatic rings. The molecule has 0 aromatic heterocycles. The zero-order valence-corrected chi connectivity index (χ0v) is 10.2. The van der Waals surface area contributed by atoms with Gasteiger partial charge in [-0.05, 0) is 18.6 Å². The molecule has 1 unspecified atom stereocenters. The van der Waals surface area contributed by atoms with Crippen LogP contribution in [-0.4, -0.2) is 36.4 Å². The Morgan fingerprint density at radius 2 is 2.32 bits per heavy atom. The van der Waals surface area contributed by atoms with E-state index in [4.69, 9.17) is 4.74 Å². The lowest BCUT2D eigenvalue weighted by atomic mass is 9.99. The van der Waals surface area contributed by atoms with Gasteiger partial charge >= 0.3 is 0 Å². The molecule has 1 atom stereocenters. The number of ether oxygens (including phenoxy) is 1. The van der Waals surface area contributed by atoms with Gasteiger partial charge < -0.3 is 15.2 Å². The molecule has 0 bridgehead atoms. The van der Waals surface area contributed by atoms with Gasteiger partial charge in [0.2, 0.25) is 0 Å². The number of aliphatic hydroxyl groups is 1. The predicted molar refractivity (Wildman–Crippen MR) is 64.1 cm³/mol. The van der Waals surface area contributed by atoms with Gasteiger partial charge in [-0.2, -0.15) is 0 Å². The van der Waals surface area contributed by atoms with Crippen molar-refractivity contribution in [2.75, 3.05) is 19.8 Å². The molecule has 1 amide bonds. The summed E-state index contributed by atoms with van der Waals surface area (Å²) in [6.45, 7) is 0.439. The number of halogens is 2. The molecule has 6 heteroatoms. The average molecular weight is 271 g/mol. The molecule has 1 fully saturated rings. The van der Waals surface area contributed by atoms with Gasteiger partial charge in [-0.15, -0.1) is 0 Å². The van der Waals surface area contributed by atoms with E-state index < -0.39 is 17.9 Å². The largest absolute Gasteiger partial charge is 0.394 e. The molecule has 0 saturated carbocycles. The van der Waals surface area contributed by atoms with E-state index in [0.29, 0.717) is 13.0 Å². The van der Waals surface area contributed by atoms with Gasteiger partial charge in [0.25, 0.3) is 12.3 Å². The minimum atomic E-state index is -2.62. The Hall–Kier alpha value is -1.53. The Balaban J connectivity index is 2.13. The topological polar surface area (TPSA) is 58.6 Å². The molecule has 4 nitrogen and oxygen atoms in total. The van der Waals surface area contributed by atoms with Gasteiger partial charge in [-0.3, -0.25) is 4.79 Å². The van der Waals surface area contributed by atoms with Gasteiger partial charge in [0, 0.05) is 17.7 Å². The summed E-state index contributed by atoms with van der Waals surface area (Å²) in [5.74, 6) is -0.484. The van der Waals surface area contributed by atoms with E-state index in [1.165, 1.54) is 18.2 Å². The van der Waals surface area contributed by atoms with E-state index in [1.54, 1.807) is 0 Å². The first-order valence-corrected chi connectivity index (χ1v) is 5.95. The number of aliphatic hydroxyl groups excluding tert-OH is 1. The van der Waals surface area contributed by atoms with Crippen LogP contribution in [0.3, 0.4) is 0 Å². The molecule has 1 aliphatic heterocycles. The molecule has 1 saturated heterocycles. The highest BCUT2D eigenvalue weighted by atomic mass is 19.3. The monoisotopic (exact) mass is 271 g/mol. The highest BCUT2D eigenvalue weighted by molar-refractivity contribution is 5.94.